The Hall–Kier alpha value is -0.410. The Morgan fingerprint density at radius 2 is 1.25 bits per heavy atom. The van der Waals surface area contributed by atoms with Crippen LogP contribution < -0.4 is 29.6 Å². The van der Waals surface area contributed by atoms with Gasteiger partial charge < -0.3 is 25.0 Å². The zero-order valence-electron chi connectivity index (χ0n) is 9.92. The average Bonchev–Trinajstić information content (AvgIpc) is 2.14. The molecule has 0 amide bonds. The molecular formula is C6H9NaO11S2. The van der Waals surface area contributed by atoms with E-state index in [2.05, 4.69) is 0 Å². The molecule has 112 valence electrons. The van der Waals surface area contributed by atoms with Gasteiger partial charge >= 0.3 is 47.5 Å². The van der Waals surface area contributed by atoms with Crippen molar-refractivity contribution in [1.82, 2.24) is 0 Å². The van der Waals surface area contributed by atoms with Gasteiger partial charge in [-0.05, 0) is 0 Å². The monoisotopic (exact) mass is 344 g/mol. The summed E-state index contributed by atoms with van der Waals surface area (Å²) < 4.78 is 35.0. The molecule has 0 fully saturated rings. The van der Waals surface area contributed by atoms with Crippen molar-refractivity contribution >= 4 is 38.1 Å². The SMILES string of the molecule is O=C(O)CC(O)(CC(=O)O)C(=O)O.O=S([O-])S(=O)O.[Na+]. The first-order valence-corrected chi connectivity index (χ1v) is 6.72. The molecule has 0 heterocycles. The number of aliphatic hydroxyl groups is 1. The van der Waals surface area contributed by atoms with E-state index in [0.29, 0.717) is 0 Å². The summed E-state index contributed by atoms with van der Waals surface area (Å²) >= 11 is 0. The van der Waals surface area contributed by atoms with Crippen molar-refractivity contribution < 1.29 is 81.9 Å². The van der Waals surface area contributed by atoms with Crippen molar-refractivity contribution in [1.29, 1.82) is 0 Å². The fourth-order valence-electron chi connectivity index (χ4n) is 0.714. The minimum atomic E-state index is -2.84. The minimum absolute atomic E-state index is 0. The predicted octanol–water partition coefficient (Wildman–Crippen LogP) is -5.24. The van der Waals surface area contributed by atoms with Gasteiger partial charge in [0.15, 0.2) is 5.60 Å². The van der Waals surface area contributed by atoms with Gasteiger partial charge in [0, 0.05) is 0 Å². The molecular weight excluding hydrogens is 335 g/mol. The quantitative estimate of drug-likeness (QED) is 0.174. The molecule has 0 aliphatic rings. The van der Waals surface area contributed by atoms with E-state index >= 15 is 0 Å². The van der Waals surface area contributed by atoms with Crippen molar-refractivity contribution in [3.63, 3.8) is 0 Å². The van der Waals surface area contributed by atoms with Crippen LogP contribution in [0.25, 0.3) is 0 Å². The normalized spacial score (nSPS) is 12.9. The Morgan fingerprint density at radius 3 is 1.35 bits per heavy atom. The predicted molar refractivity (Wildman–Crippen MR) is 56.8 cm³/mol. The molecule has 0 rings (SSSR count). The number of hydrogen-bond donors (Lipinski definition) is 5. The molecule has 0 saturated heterocycles. The maximum atomic E-state index is 10.3. The maximum Gasteiger partial charge on any atom is 1.00 e. The van der Waals surface area contributed by atoms with Crippen LogP contribution in [0.1, 0.15) is 12.8 Å². The van der Waals surface area contributed by atoms with Gasteiger partial charge in [0.25, 0.3) is 0 Å². The van der Waals surface area contributed by atoms with Crippen LogP contribution in [0.2, 0.25) is 0 Å². The third-order valence-corrected chi connectivity index (χ3v) is 2.33. The molecule has 0 bridgehead atoms. The second kappa shape index (κ2) is 11.3. The van der Waals surface area contributed by atoms with E-state index in [-0.39, 0.29) is 29.6 Å². The molecule has 14 heteroatoms. The minimum Gasteiger partial charge on any atom is -0.760 e. The fraction of sp³-hybridized carbons (Fsp3) is 0.500. The average molecular weight is 344 g/mol. The second-order valence-corrected chi connectivity index (χ2v) is 5.41. The zero-order chi connectivity index (χ0) is 15.8. The van der Waals surface area contributed by atoms with E-state index < -0.39 is 56.6 Å². The van der Waals surface area contributed by atoms with Crippen LogP contribution in [0.5, 0.6) is 0 Å². The molecule has 2 atom stereocenters. The van der Waals surface area contributed by atoms with Crippen LogP contribution >= 0.6 is 0 Å². The Labute approximate surface area is 138 Å². The summed E-state index contributed by atoms with van der Waals surface area (Å²) in [7, 11) is -5.54. The summed E-state index contributed by atoms with van der Waals surface area (Å²) in [5.74, 6) is -5.02. The summed E-state index contributed by atoms with van der Waals surface area (Å²) in [4.78, 5) is 30.5. The third-order valence-electron chi connectivity index (χ3n) is 1.40. The molecule has 0 aliphatic carbocycles. The van der Waals surface area contributed by atoms with Crippen LogP contribution in [0.15, 0.2) is 0 Å². The molecule has 5 N–H and O–H groups in total. The summed E-state index contributed by atoms with van der Waals surface area (Å²) in [6, 6.07) is 0. The van der Waals surface area contributed by atoms with E-state index in [9.17, 15) is 18.6 Å². The first-order chi connectivity index (χ1) is 8.42. The second-order valence-electron chi connectivity index (χ2n) is 2.90. The molecule has 2 unspecified atom stereocenters. The molecule has 0 aromatic heterocycles. The summed E-state index contributed by atoms with van der Waals surface area (Å²) in [5.41, 5.74) is -2.74. The smallest absolute Gasteiger partial charge is 0.760 e. The van der Waals surface area contributed by atoms with Gasteiger partial charge in [-0.1, -0.05) is 0 Å². The van der Waals surface area contributed by atoms with Gasteiger partial charge in [-0.2, -0.15) is 0 Å². The first kappa shape index (κ1) is 24.6. The van der Waals surface area contributed by atoms with E-state index in [4.69, 9.17) is 33.7 Å². The Balaban J connectivity index is -0.000000352. The van der Waals surface area contributed by atoms with Crippen LogP contribution in [0, 0.1) is 0 Å². The molecule has 0 radical (unpaired) electrons. The topological polar surface area (TPSA) is 210 Å². The van der Waals surface area contributed by atoms with Gasteiger partial charge in [0.05, 0.1) is 23.0 Å². The molecule has 0 spiro atoms. The molecule has 0 aliphatic heterocycles. The maximum absolute atomic E-state index is 10.3. The van der Waals surface area contributed by atoms with Gasteiger partial charge in [-0.3, -0.25) is 18.4 Å². The van der Waals surface area contributed by atoms with Crippen molar-refractivity contribution in [2.24, 2.45) is 0 Å². The Morgan fingerprint density at radius 1 is 1.00 bits per heavy atom. The zero-order valence-corrected chi connectivity index (χ0v) is 13.5. The standard InChI is InChI=1S/C6H8O7.Na.H2O4S2/c7-3(8)1-6(13,5(11)12)2-4(9)10;;1-5(2)6(3)4/h13H,1-2H2,(H,7,8)(H,9,10)(H,11,12);;(H,1,2)(H,3,4)/q;+1;/p-1. The summed E-state index contributed by atoms with van der Waals surface area (Å²) in [6.45, 7) is 0. The van der Waals surface area contributed by atoms with Gasteiger partial charge in [0.2, 0.25) is 10.1 Å². The number of hydrogen-bond acceptors (Lipinski definition) is 7. The van der Waals surface area contributed by atoms with E-state index in [1.54, 1.807) is 0 Å². The van der Waals surface area contributed by atoms with Crippen molar-refractivity contribution in [3.8, 4) is 0 Å². The van der Waals surface area contributed by atoms with E-state index in [1.165, 1.54) is 0 Å². The number of aliphatic carboxylic acids is 3. The molecule has 0 aromatic carbocycles. The van der Waals surface area contributed by atoms with Crippen LogP contribution in [0.3, 0.4) is 0 Å². The van der Waals surface area contributed by atoms with Crippen LogP contribution in [-0.2, 0) is 34.6 Å². The number of rotatable bonds is 6. The van der Waals surface area contributed by atoms with Crippen molar-refractivity contribution in [3.05, 3.63) is 0 Å². The van der Waals surface area contributed by atoms with Gasteiger partial charge in [0.1, 0.15) is 0 Å². The molecule has 0 aromatic rings. The molecule has 20 heavy (non-hydrogen) atoms. The third kappa shape index (κ3) is 12.6. The van der Waals surface area contributed by atoms with Gasteiger partial charge in [-0.25, -0.2) is 9.00 Å². The van der Waals surface area contributed by atoms with Crippen LogP contribution in [-0.4, -0.2) is 61.5 Å². The van der Waals surface area contributed by atoms with Crippen molar-refractivity contribution in [2.45, 2.75) is 18.4 Å². The Bertz CT molecular complexity index is 380. The largest absolute Gasteiger partial charge is 1.00 e. The van der Waals surface area contributed by atoms with E-state index in [0.717, 1.165) is 0 Å². The van der Waals surface area contributed by atoms with E-state index in [1.807, 2.05) is 0 Å². The molecule has 0 saturated carbocycles. The summed E-state index contributed by atoms with van der Waals surface area (Å²) in [6.07, 6.45) is -2.29. The number of carboxylic acids is 3. The first-order valence-electron chi connectivity index (χ1n) is 4.02. The Kier molecular flexibility index (Phi) is 13.9. The van der Waals surface area contributed by atoms with Gasteiger partial charge in [-0.15, -0.1) is 0 Å². The number of carbonyl (C=O) groups is 3. The number of carboxylic acid groups (broad SMARTS) is 3. The summed E-state index contributed by atoms with van der Waals surface area (Å²) in [5, 5.41) is 33.8. The van der Waals surface area contributed by atoms with Crippen LogP contribution in [0.4, 0.5) is 0 Å². The fourth-order valence-corrected chi connectivity index (χ4v) is 0.714. The van der Waals surface area contributed by atoms with Crippen molar-refractivity contribution in [2.75, 3.05) is 0 Å². The molecule has 11 nitrogen and oxygen atoms in total.